The molecule has 1 heterocycles. The number of carboxylic acid groups (broad SMARTS) is 1. The Morgan fingerprint density at radius 1 is 1.50 bits per heavy atom. The summed E-state index contributed by atoms with van der Waals surface area (Å²) in [6.07, 6.45) is 0.947. The van der Waals surface area contributed by atoms with Crippen molar-refractivity contribution >= 4 is 21.7 Å². The molecule has 92 valence electrons. The van der Waals surface area contributed by atoms with Gasteiger partial charge in [-0.1, -0.05) is 0 Å². The molecule has 0 aromatic carbocycles. The number of hydrogen-bond donors (Lipinski definition) is 2. The van der Waals surface area contributed by atoms with Gasteiger partial charge in [-0.3, -0.25) is 4.79 Å². The average molecular weight is 250 g/mol. The van der Waals surface area contributed by atoms with Crippen molar-refractivity contribution in [1.82, 2.24) is 10.2 Å². The van der Waals surface area contributed by atoms with Gasteiger partial charge < -0.3 is 15.3 Å². The minimum Gasteiger partial charge on any atom is -0.480 e. The van der Waals surface area contributed by atoms with E-state index in [4.69, 9.17) is 5.11 Å². The van der Waals surface area contributed by atoms with Crippen molar-refractivity contribution in [2.24, 2.45) is 0 Å². The molecule has 0 saturated carbocycles. The first-order valence-corrected chi connectivity index (χ1v) is 6.78. The number of rotatable bonds is 3. The van der Waals surface area contributed by atoms with Crippen LogP contribution in [0.3, 0.4) is 0 Å². The van der Waals surface area contributed by atoms with E-state index in [1.54, 1.807) is 0 Å². The van der Waals surface area contributed by atoms with Crippen LogP contribution in [0.15, 0.2) is 0 Å². The summed E-state index contributed by atoms with van der Waals surface area (Å²) in [6, 6.07) is -0.983. The Morgan fingerprint density at radius 3 is 2.62 bits per heavy atom. The van der Waals surface area contributed by atoms with E-state index >= 15 is 0 Å². The maximum Gasteiger partial charge on any atom is 0.327 e. The van der Waals surface area contributed by atoms with Crippen molar-refractivity contribution in [2.45, 2.75) is 6.04 Å². The third-order valence-electron chi connectivity index (χ3n) is 2.23. The summed E-state index contributed by atoms with van der Waals surface area (Å²) in [7, 11) is -3.43. The van der Waals surface area contributed by atoms with E-state index in [1.165, 1.54) is 0 Å². The molecule has 0 aromatic rings. The Bertz CT molecular complexity index is 391. The Kier molecular flexibility index (Phi) is 3.87. The fourth-order valence-electron chi connectivity index (χ4n) is 1.53. The lowest BCUT2D eigenvalue weighted by Gasteiger charge is -2.33. The van der Waals surface area contributed by atoms with Crippen molar-refractivity contribution < 1.29 is 23.1 Å². The molecule has 2 N–H and O–H groups in total. The van der Waals surface area contributed by atoms with Crippen molar-refractivity contribution in [3.63, 3.8) is 0 Å². The number of carbonyl (C=O) groups excluding carboxylic acids is 1. The maximum absolute atomic E-state index is 11.6. The SMILES string of the molecule is CS(=O)(=O)CC(=O)N1CCNCC1C(=O)O. The highest BCUT2D eigenvalue weighted by Crippen LogP contribution is 2.05. The van der Waals surface area contributed by atoms with Gasteiger partial charge in [0.2, 0.25) is 5.91 Å². The zero-order valence-corrected chi connectivity index (χ0v) is 9.66. The van der Waals surface area contributed by atoms with Crippen LogP contribution >= 0.6 is 0 Å². The maximum atomic E-state index is 11.6. The molecule has 1 amide bonds. The molecule has 7 nitrogen and oxygen atoms in total. The van der Waals surface area contributed by atoms with Crippen LogP contribution in [-0.2, 0) is 19.4 Å². The second-order valence-electron chi connectivity index (χ2n) is 3.72. The van der Waals surface area contributed by atoms with Gasteiger partial charge in [0, 0.05) is 25.9 Å². The lowest BCUT2D eigenvalue weighted by atomic mass is 10.2. The topological polar surface area (TPSA) is 104 Å². The number of aliphatic carboxylic acids is 1. The first-order valence-electron chi connectivity index (χ1n) is 4.72. The second kappa shape index (κ2) is 4.79. The van der Waals surface area contributed by atoms with E-state index < -0.39 is 33.5 Å². The van der Waals surface area contributed by atoms with Crippen LogP contribution in [0.5, 0.6) is 0 Å². The summed E-state index contributed by atoms with van der Waals surface area (Å²) in [5.74, 6) is -2.43. The molecule has 1 atom stereocenters. The van der Waals surface area contributed by atoms with Gasteiger partial charge >= 0.3 is 5.97 Å². The average Bonchev–Trinajstić information content (AvgIpc) is 2.15. The van der Waals surface area contributed by atoms with E-state index in [2.05, 4.69) is 5.32 Å². The molecule has 0 aliphatic carbocycles. The standard InChI is InChI=1S/C8H14N2O5S/c1-16(14,15)5-7(11)10-3-2-9-4-6(10)8(12)13/h6,9H,2-5H2,1H3,(H,12,13). The zero-order chi connectivity index (χ0) is 12.3. The van der Waals surface area contributed by atoms with Crippen LogP contribution in [0, 0.1) is 0 Å². The largest absolute Gasteiger partial charge is 0.480 e. The number of sulfone groups is 1. The molecule has 8 heteroatoms. The van der Waals surface area contributed by atoms with Gasteiger partial charge in [-0.05, 0) is 0 Å². The highest BCUT2D eigenvalue weighted by atomic mass is 32.2. The van der Waals surface area contributed by atoms with Gasteiger partial charge in [-0.15, -0.1) is 0 Å². The summed E-state index contributed by atoms with van der Waals surface area (Å²) in [4.78, 5) is 23.5. The summed E-state index contributed by atoms with van der Waals surface area (Å²) in [5, 5.41) is 11.7. The monoisotopic (exact) mass is 250 g/mol. The Labute approximate surface area is 93.3 Å². The summed E-state index contributed by atoms with van der Waals surface area (Å²) in [5.41, 5.74) is 0. The Morgan fingerprint density at radius 2 is 2.12 bits per heavy atom. The predicted molar refractivity (Wildman–Crippen MR) is 55.7 cm³/mol. The van der Waals surface area contributed by atoms with Gasteiger partial charge in [0.05, 0.1) is 0 Å². The van der Waals surface area contributed by atoms with Crippen LogP contribution in [0.4, 0.5) is 0 Å². The third kappa shape index (κ3) is 3.46. The fraction of sp³-hybridized carbons (Fsp3) is 0.750. The van der Waals surface area contributed by atoms with Crippen LogP contribution in [0.25, 0.3) is 0 Å². The summed E-state index contributed by atoms with van der Waals surface area (Å²) >= 11 is 0. The quantitative estimate of drug-likeness (QED) is 0.595. The lowest BCUT2D eigenvalue weighted by molar-refractivity contribution is -0.150. The highest BCUT2D eigenvalue weighted by Gasteiger charge is 2.32. The molecule has 0 aromatic heterocycles. The molecule has 1 fully saturated rings. The van der Waals surface area contributed by atoms with Gasteiger partial charge in [0.1, 0.15) is 11.8 Å². The first kappa shape index (κ1) is 12.9. The van der Waals surface area contributed by atoms with Crippen LogP contribution in [0.2, 0.25) is 0 Å². The molecule has 1 unspecified atom stereocenters. The molecule has 1 aliphatic heterocycles. The molecular formula is C8H14N2O5S. The molecule has 1 aliphatic rings. The molecular weight excluding hydrogens is 236 g/mol. The number of nitrogens with one attached hydrogen (secondary N) is 1. The van der Waals surface area contributed by atoms with Crippen LogP contribution in [-0.4, -0.2) is 68.0 Å². The molecule has 16 heavy (non-hydrogen) atoms. The van der Waals surface area contributed by atoms with E-state index in [0.29, 0.717) is 6.54 Å². The van der Waals surface area contributed by atoms with Crippen LogP contribution < -0.4 is 5.32 Å². The molecule has 0 bridgehead atoms. The van der Waals surface area contributed by atoms with E-state index in [0.717, 1.165) is 11.2 Å². The molecule has 0 spiro atoms. The molecule has 1 saturated heterocycles. The third-order valence-corrected chi connectivity index (χ3v) is 3.01. The Hall–Kier alpha value is -1.15. The highest BCUT2D eigenvalue weighted by molar-refractivity contribution is 7.91. The number of piperazine rings is 1. The first-order chi connectivity index (χ1) is 7.31. The molecule has 1 rings (SSSR count). The van der Waals surface area contributed by atoms with Crippen molar-refractivity contribution in [3.8, 4) is 0 Å². The van der Waals surface area contributed by atoms with Gasteiger partial charge in [0.25, 0.3) is 0 Å². The van der Waals surface area contributed by atoms with Crippen molar-refractivity contribution in [1.29, 1.82) is 0 Å². The van der Waals surface area contributed by atoms with Crippen molar-refractivity contribution in [2.75, 3.05) is 31.6 Å². The smallest absolute Gasteiger partial charge is 0.327 e. The minimum atomic E-state index is -3.43. The fourth-order valence-corrected chi connectivity index (χ4v) is 2.15. The summed E-state index contributed by atoms with van der Waals surface area (Å²) in [6.45, 7) is 0.829. The number of carboxylic acids is 1. The Balaban J connectivity index is 2.76. The number of carbonyl (C=O) groups is 2. The van der Waals surface area contributed by atoms with E-state index in [1.807, 2.05) is 0 Å². The van der Waals surface area contributed by atoms with Gasteiger partial charge in [-0.25, -0.2) is 13.2 Å². The number of amides is 1. The lowest BCUT2D eigenvalue weighted by Crippen LogP contribution is -2.58. The predicted octanol–water partition coefficient (Wildman–Crippen LogP) is -2.08. The van der Waals surface area contributed by atoms with E-state index in [-0.39, 0.29) is 13.1 Å². The van der Waals surface area contributed by atoms with Gasteiger partial charge in [-0.2, -0.15) is 0 Å². The van der Waals surface area contributed by atoms with Crippen LogP contribution in [0.1, 0.15) is 0 Å². The number of nitrogens with zero attached hydrogens (tertiary/aromatic N) is 1. The second-order valence-corrected chi connectivity index (χ2v) is 5.86. The normalized spacial score (nSPS) is 21.8. The van der Waals surface area contributed by atoms with Gasteiger partial charge in [0.15, 0.2) is 9.84 Å². The minimum absolute atomic E-state index is 0.144. The summed E-state index contributed by atoms with van der Waals surface area (Å²) < 4.78 is 21.9. The van der Waals surface area contributed by atoms with Crippen molar-refractivity contribution in [3.05, 3.63) is 0 Å². The zero-order valence-electron chi connectivity index (χ0n) is 8.84. The number of hydrogen-bond acceptors (Lipinski definition) is 5. The molecule has 0 radical (unpaired) electrons. The van der Waals surface area contributed by atoms with E-state index in [9.17, 15) is 18.0 Å².